The molecule has 1 N–H and O–H groups in total. The molecule has 1 aliphatic heterocycles. The number of likely N-dealkylation sites (tertiary alicyclic amines) is 1. The molecule has 4 heteroatoms. The van der Waals surface area contributed by atoms with Gasteiger partial charge in [-0.25, -0.2) is 0 Å². The van der Waals surface area contributed by atoms with Crippen LogP contribution < -0.4 is 4.74 Å². The summed E-state index contributed by atoms with van der Waals surface area (Å²) < 4.78 is 5.13. The summed E-state index contributed by atoms with van der Waals surface area (Å²) in [7, 11) is 1.63. The van der Waals surface area contributed by atoms with E-state index >= 15 is 0 Å². The lowest BCUT2D eigenvalue weighted by Gasteiger charge is -2.25. The van der Waals surface area contributed by atoms with Crippen LogP contribution in [0.3, 0.4) is 0 Å². The quantitative estimate of drug-likeness (QED) is 0.903. The minimum absolute atomic E-state index is 0.0298. The second kappa shape index (κ2) is 5.61. The van der Waals surface area contributed by atoms with Crippen LogP contribution in [0.25, 0.3) is 0 Å². The Labute approximate surface area is 114 Å². The molecule has 0 radical (unpaired) electrons. The summed E-state index contributed by atoms with van der Waals surface area (Å²) in [6.07, 6.45) is 0.00930. The predicted octanol–water partition coefficient (Wildman–Crippen LogP) is 1.99. The van der Waals surface area contributed by atoms with Gasteiger partial charge in [-0.1, -0.05) is 12.1 Å². The molecule has 1 heterocycles. The highest BCUT2D eigenvalue weighted by Gasteiger charge is 2.35. The van der Waals surface area contributed by atoms with Crippen LogP contribution in [0, 0.1) is 5.92 Å². The normalized spacial score (nSPS) is 22.4. The zero-order chi connectivity index (χ0) is 14.0. The average Bonchev–Trinajstić information content (AvgIpc) is 2.80. The van der Waals surface area contributed by atoms with Crippen molar-refractivity contribution in [2.45, 2.75) is 32.4 Å². The van der Waals surface area contributed by atoms with Crippen molar-refractivity contribution in [2.75, 3.05) is 13.7 Å². The predicted molar refractivity (Wildman–Crippen MR) is 72.9 cm³/mol. The lowest BCUT2D eigenvalue weighted by molar-refractivity contribution is -0.129. The number of methoxy groups -OCH3 is 1. The van der Waals surface area contributed by atoms with Crippen molar-refractivity contribution >= 4 is 5.91 Å². The third-order valence-electron chi connectivity index (χ3n) is 3.94. The molecule has 4 nitrogen and oxygen atoms in total. The van der Waals surface area contributed by atoms with Gasteiger partial charge in [0.1, 0.15) is 5.75 Å². The molecule has 104 valence electrons. The number of carbonyl (C=O) groups is 1. The number of aliphatic hydroxyl groups excluding tert-OH is 1. The van der Waals surface area contributed by atoms with Crippen LogP contribution >= 0.6 is 0 Å². The Kier molecular flexibility index (Phi) is 4.10. The van der Waals surface area contributed by atoms with Gasteiger partial charge in [-0.3, -0.25) is 4.79 Å². The summed E-state index contributed by atoms with van der Waals surface area (Å²) in [6.45, 7) is 4.40. The molecule has 1 aromatic carbocycles. The van der Waals surface area contributed by atoms with Gasteiger partial charge in [0.15, 0.2) is 0 Å². The molecule has 1 aliphatic rings. The number of amides is 1. The minimum atomic E-state index is -0.433. The lowest BCUT2D eigenvalue weighted by Crippen LogP contribution is -2.29. The van der Waals surface area contributed by atoms with Gasteiger partial charge in [0.25, 0.3) is 0 Å². The first kappa shape index (κ1) is 13.9. The number of hydrogen-bond acceptors (Lipinski definition) is 3. The summed E-state index contributed by atoms with van der Waals surface area (Å²) in [5.41, 5.74) is 1.08. The van der Waals surface area contributed by atoms with Gasteiger partial charge in [-0.05, 0) is 31.5 Å². The minimum Gasteiger partial charge on any atom is -0.497 e. The number of ether oxygens (including phenoxy) is 1. The Morgan fingerprint density at radius 1 is 1.32 bits per heavy atom. The summed E-state index contributed by atoms with van der Waals surface area (Å²) in [5.74, 6) is 0.980. The fourth-order valence-corrected chi connectivity index (χ4v) is 2.52. The maximum Gasteiger partial charge on any atom is 0.223 e. The van der Waals surface area contributed by atoms with Crippen LogP contribution in [0.4, 0.5) is 0 Å². The average molecular weight is 263 g/mol. The van der Waals surface area contributed by atoms with E-state index in [0.29, 0.717) is 13.0 Å². The van der Waals surface area contributed by atoms with E-state index in [4.69, 9.17) is 4.74 Å². The molecule has 1 fully saturated rings. The third kappa shape index (κ3) is 2.89. The van der Waals surface area contributed by atoms with Crippen LogP contribution in [0.1, 0.15) is 31.9 Å². The van der Waals surface area contributed by atoms with Crippen LogP contribution in [0.2, 0.25) is 0 Å². The van der Waals surface area contributed by atoms with Crippen molar-refractivity contribution in [3.05, 3.63) is 29.8 Å². The number of nitrogens with zero attached hydrogens (tertiary/aromatic N) is 1. The number of aliphatic hydroxyl groups is 1. The molecule has 2 unspecified atom stereocenters. The monoisotopic (exact) mass is 263 g/mol. The highest BCUT2D eigenvalue weighted by Crippen LogP contribution is 2.30. The van der Waals surface area contributed by atoms with Crippen molar-refractivity contribution in [1.29, 1.82) is 0 Å². The van der Waals surface area contributed by atoms with Crippen molar-refractivity contribution in [3.63, 3.8) is 0 Å². The molecular formula is C15H21NO3. The largest absolute Gasteiger partial charge is 0.497 e. The smallest absolute Gasteiger partial charge is 0.223 e. The lowest BCUT2D eigenvalue weighted by atomic mass is 10.0. The molecule has 1 aromatic rings. The van der Waals surface area contributed by atoms with Crippen molar-refractivity contribution < 1.29 is 14.6 Å². The van der Waals surface area contributed by atoms with E-state index in [0.717, 1.165) is 11.3 Å². The van der Waals surface area contributed by atoms with E-state index in [1.165, 1.54) is 0 Å². The molecule has 1 saturated heterocycles. The standard InChI is InChI=1S/C15H21NO3/c1-10(12-4-6-14(19-3)7-5-12)16-9-13(11(2)17)8-15(16)18/h4-7,10-11,13,17H,8-9H2,1-3H3/t10?,11-,13?/m0/s1. The molecule has 0 aromatic heterocycles. The first-order chi connectivity index (χ1) is 9.02. The second-order valence-electron chi connectivity index (χ2n) is 5.20. The first-order valence-corrected chi connectivity index (χ1v) is 6.64. The number of hydrogen-bond donors (Lipinski definition) is 1. The molecule has 0 bridgehead atoms. The van der Waals surface area contributed by atoms with E-state index in [1.54, 1.807) is 14.0 Å². The van der Waals surface area contributed by atoms with E-state index in [9.17, 15) is 9.90 Å². The fourth-order valence-electron chi connectivity index (χ4n) is 2.52. The summed E-state index contributed by atoms with van der Waals surface area (Å²) in [5, 5.41) is 9.61. The molecule has 0 spiro atoms. The first-order valence-electron chi connectivity index (χ1n) is 6.64. The highest BCUT2D eigenvalue weighted by molar-refractivity contribution is 5.79. The second-order valence-corrected chi connectivity index (χ2v) is 5.20. The molecule has 3 atom stereocenters. The summed E-state index contributed by atoms with van der Waals surface area (Å²) in [6, 6.07) is 7.79. The van der Waals surface area contributed by atoms with Gasteiger partial charge in [0.05, 0.1) is 19.3 Å². The molecule has 2 rings (SSSR count). The van der Waals surface area contributed by atoms with E-state index in [-0.39, 0.29) is 17.9 Å². The summed E-state index contributed by atoms with van der Waals surface area (Å²) >= 11 is 0. The van der Waals surface area contributed by atoms with Gasteiger partial charge >= 0.3 is 0 Å². The van der Waals surface area contributed by atoms with Gasteiger partial charge in [-0.2, -0.15) is 0 Å². The SMILES string of the molecule is COc1ccc(C(C)N2CC([C@H](C)O)CC2=O)cc1. The zero-order valence-corrected chi connectivity index (χ0v) is 11.7. The Balaban J connectivity index is 2.10. The van der Waals surface area contributed by atoms with Gasteiger partial charge in [0, 0.05) is 18.9 Å². The van der Waals surface area contributed by atoms with Crippen molar-refractivity contribution in [2.24, 2.45) is 5.92 Å². The molecule has 1 amide bonds. The van der Waals surface area contributed by atoms with Crippen LogP contribution in [-0.2, 0) is 4.79 Å². The van der Waals surface area contributed by atoms with Gasteiger partial charge < -0.3 is 14.7 Å². The van der Waals surface area contributed by atoms with Crippen LogP contribution in [0.15, 0.2) is 24.3 Å². The Hall–Kier alpha value is -1.55. The Morgan fingerprint density at radius 3 is 2.42 bits per heavy atom. The van der Waals surface area contributed by atoms with E-state index in [1.807, 2.05) is 36.1 Å². The topological polar surface area (TPSA) is 49.8 Å². The van der Waals surface area contributed by atoms with E-state index in [2.05, 4.69) is 0 Å². The number of carbonyl (C=O) groups excluding carboxylic acids is 1. The van der Waals surface area contributed by atoms with Crippen molar-refractivity contribution in [1.82, 2.24) is 4.90 Å². The van der Waals surface area contributed by atoms with Gasteiger partial charge in [-0.15, -0.1) is 0 Å². The number of benzene rings is 1. The molecular weight excluding hydrogens is 242 g/mol. The zero-order valence-electron chi connectivity index (χ0n) is 11.7. The van der Waals surface area contributed by atoms with E-state index < -0.39 is 6.10 Å². The maximum absolute atomic E-state index is 12.0. The Morgan fingerprint density at radius 2 is 1.95 bits per heavy atom. The van der Waals surface area contributed by atoms with Gasteiger partial charge in [0.2, 0.25) is 5.91 Å². The van der Waals surface area contributed by atoms with Crippen molar-refractivity contribution in [3.8, 4) is 5.75 Å². The third-order valence-corrected chi connectivity index (χ3v) is 3.94. The maximum atomic E-state index is 12.0. The molecule has 0 aliphatic carbocycles. The Bertz CT molecular complexity index is 441. The number of rotatable bonds is 4. The van der Waals surface area contributed by atoms with Crippen LogP contribution in [0.5, 0.6) is 5.75 Å². The summed E-state index contributed by atoms with van der Waals surface area (Å²) in [4.78, 5) is 13.9. The highest BCUT2D eigenvalue weighted by atomic mass is 16.5. The molecule has 0 saturated carbocycles. The van der Waals surface area contributed by atoms with Crippen LogP contribution in [-0.4, -0.2) is 35.7 Å². The fraction of sp³-hybridized carbons (Fsp3) is 0.533. The molecule has 19 heavy (non-hydrogen) atoms.